The third-order valence-corrected chi connectivity index (χ3v) is 2.02. The summed E-state index contributed by atoms with van der Waals surface area (Å²) < 4.78 is 0. The first-order valence-electron chi connectivity index (χ1n) is 3.30. The molecule has 2 atom stereocenters. The molecule has 2 N–H and O–H groups in total. The van der Waals surface area contributed by atoms with Crippen molar-refractivity contribution in [3.8, 4) is 0 Å². The Morgan fingerprint density at radius 2 is 2.30 bits per heavy atom. The number of alkyl halides is 1. The number of halogens is 1. The summed E-state index contributed by atoms with van der Waals surface area (Å²) in [6.07, 6.45) is 1.44. The molecule has 0 bridgehead atoms. The van der Waals surface area contributed by atoms with E-state index in [9.17, 15) is 4.79 Å². The number of hydrogen-bond donors (Lipinski definition) is 2. The van der Waals surface area contributed by atoms with Gasteiger partial charge in [0.05, 0.1) is 0 Å². The first-order valence-corrected chi connectivity index (χ1v) is 3.74. The van der Waals surface area contributed by atoms with Crippen LogP contribution in [0.5, 0.6) is 0 Å². The van der Waals surface area contributed by atoms with Crippen LogP contribution in [-0.4, -0.2) is 29.0 Å². The lowest BCUT2D eigenvalue weighted by Gasteiger charge is -2.22. The Kier molecular flexibility index (Phi) is 2.51. The summed E-state index contributed by atoms with van der Waals surface area (Å²) in [6.45, 7) is 0.610. The van der Waals surface area contributed by atoms with Crippen molar-refractivity contribution in [2.45, 2.75) is 24.3 Å². The third kappa shape index (κ3) is 1.85. The lowest BCUT2D eigenvalue weighted by atomic mass is 10.1. The van der Waals surface area contributed by atoms with Crippen molar-refractivity contribution < 1.29 is 9.90 Å². The summed E-state index contributed by atoms with van der Waals surface area (Å²) in [5.41, 5.74) is 0. The summed E-state index contributed by atoms with van der Waals surface area (Å²) in [6, 6.07) is -0.380. The topological polar surface area (TPSA) is 49.3 Å². The zero-order valence-electron chi connectivity index (χ0n) is 5.51. The molecule has 1 aliphatic heterocycles. The number of carboxylic acid groups (broad SMARTS) is 1. The molecule has 0 aromatic carbocycles. The quantitative estimate of drug-likeness (QED) is 0.552. The first-order chi connectivity index (χ1) is 4.70. The van der Waals surface area contributed by atoms with Crippen molar-refractivity contribution in [2.24, 2.45) is 0 Å². The number of piperidine rings is 1. The molecule has 0 aromatic heterocycles. The highest BCUT2D eigenvalue weighted by Gasteiger charge is 2.23. The summed E-state index contributed by atoms with van der Waals surface area (Å²) in [4.78, 5) is 10.4. The molecule has 0 radical (unpaired) electrons. The summed E-state index contributed by atoms with van der Waals surface area (Å²) in [7, 11) is 0. The van der Waals surface area contributed by atoms with Gasteiger partial charge in [-0.2, -0.15) is 0 Å². The van der Waals surface area contributed by atoms with Gasteiger partial charge in [0.25, 0.3) is 0 Å². The molecule has 0 aromatic rings. The van der Waals surface area contributed by atoms with E-state index in [2.05, 4.69) is 5.32 Å². The van der Waals surface area contributed by atoms with Crippen LogP contribution in [0, 0.1) is 0 Å². The Morgan fingerprint density at radius 1 is 1.60 bits per heavy atom. The van der Waals surface area contributed by atoms with Crippen LogP contribution in [0.25, 0.3) is 0 Å². The van der Waals surface area contributed by atoms with E-state index in [-0.39, 0.29) is 11.4 Å². The van der Waals surface area contributed by atoms with E-state index < -0.39 is 5.97 Å². The van der Waals surface area contributed by atoms with Gasteiger partial charge in [-0.1, -0.05) is 0 Å². The van der Waals surface area contributed by atoms with Gasteiger partial charge >= 0.3 is 5.97 Å². The van der Waals surface area contributed by atoms with E-state index in [0.29, 0.717) is 13.0 Å². The fourth-order valence-electron chi connectivity index (χ4n) is 1.03. The Labute approximate surface area is 64.4 Å². The zero-order chi connectivity index (χ0) is 7.56. The second-order valence-corrected chi connectivity index (χ2v) is 3.09. The Hall–Kier alpha value is -0.280. The Balaban J connectivity index is 2.33. The molecule has 1 heterocycles. The van der Waals surface area contributed by atoms with E-state index in [1.807, 2.05) is 0 Å². The normalized spacial score (nSPS) is 33.7. The first kappa shape index (κ1) is 7.82. The van der Waals surface area contributed by atoms with Crippen LogP contribution in [0.1, 0.15) is 12.8 Å². The molecule has 0 aliphatic carbocycles. The van der Waals surface area contributed by atoms with Gasteiger partial charge in [-0.15, -0.1) is 11.6 Å². The van der Waals surface area contributed by atoms with E-state index in [4.69, 9.17) is 16.7 Å². The maximum Gasteiger partial charge on any atom is 0.320 e. The van der Waals surface area contributed by atoms with Crippen molar-refractivity contribution in [3.05, 3.63) is 0 Å². The minimum atomic E-state index is -0.774. The molecule has 3 nitrogen and oxygen atoms in total. The summed E-state index contributed by atoms with van der Waals surface area (Å²) in [5.74, 6) is -0.774. The highest BCUT2D eigenvalue weighted by Crippen LogP contribution is 2.12. The number of carbonyl (C=O) groups is 1. The maximum absolute atomic E-state index is 10.4. The predicted octanol–water partition coefficient (Wildman–Crippen LogP) is 0.430. The zero-order valence-corrected chi connectivity index (χ0v) is 6.27. The van der Waals surface area contributed by atoms with Crippen LogP contribution in [-0.2, 0) is 4.79 Å². The SMILES string of the molecule is O=C(O)[C@H]1CC[C@@H](Cl)CN1. The number of aliphatic carboxylic acids is 1. The number of carboxylic acids is 1. The van der Waals surface area contributed by atoms with Crippen LogP contribution < -0.4 is 5.32 Å². The third-order valence-electron chi connectivity index (χ3n) is 1.65. The minimum Gasteiger partial charge on any atom is -0.480 e. The molecule has 1 aliphatic rings. The molecular weight excluding hydrogens is 154 g/mol. The molecule has 10 heavy (non-hydrogen) atoms. The fraction of sp³-hybridized carbons (Fsp3) is 0.833. The molecular formula is C6H10ClNO2. The smallest absolute Gasteiger partial charge is 0.320 e. The van der Waals surface area contributed by atoms with E-state index in [1.165, 1.54) is 0 Å². The van der Waals surface area contributed by atoms with Gasteiger partial charge < -0.3 is 10.4 Å². The standard InChI is InChI=1S/C6H10ClNO2/c7-4-1-2-5(6(9)10)8-3-4/h4-5,8H,1-3H2,(H,9,10)/t4-,5-/m1/s1. The molecule has 1 saturated heterocycles. The van der Waals surface area contributed by atoms with E-state index >= 15 is 0 Å². The maximum atomic E-state index is 10.4. The van der Waals surface area contributed by atoms with Crippen molar-refractivity contribution in [2.75, 3.05) is 6.54 Å². The van der Waals surface area contributed by atoms with Crippen molar-refractivity contribution in [1.82, 2.24) is 5.32 Å². The number of hydrogen-bond acceptors (Lipinski definition) is 2. The molecule has 0 amide bonds. The van der Waals surface area contributed by atoms with Crippen LogP contribution in [0.4, 0.5) is 0 Å². The second kappa shape index (κ2) is 3.21. The van der Waals surface area contributed by atoms with Crippen LogP contribution in [0.3, 0.4) is 0 Å². The second-order valence-electron chi connectivity index (χ2n) is 2.47. The van der Waals surface area contributed by atoms with E-state index in [1.54, 1.807) is 0 Å². The fourth-order valence-corrected chi connectivity index (χ4v) is 1.25. The molecule has 1 rings (SSSR count). The van der Waals surface area contributed by atoms with Crippen molar-refractivity contribution in [3.63, 3.8) is 0 Å². The highest BCUT2D eigenvalue weighted by atomic mass is 35.5. The predicted molar refractivity (Wildman–Crippen MR) is 38.3 cm³/mol. The monoisotopic (exact) mass is 163 g/mol. The van der Waals surface area contributed by atoms with Crippen LogP contribution in [0.2, 0.25) is 0 Å². The molecule has 58 valence electrons. The van der Waals surface area contributed by atoms with Gasteiger partial charge in [-0.3, -0.25) is 4.79 Å². The molecule has 0 spiro atoms. The van der Waals surface area contributed by atoms with Gasteiger partial charge in [0.1, 0.15) is 6.04 Å². The van der Waals surface area contributed by atoms with Gasteiger partial charge in [0.2, 0.25) is 0 Å². The molecule has 0 saturated carbocycles. The number of rotatable bonds is 1. The lowest BCUT2D eigenvalue weighted by molar-refractivity contribution is -0.140. The summed E-state index contributed by atoms with van der Waals surface area (Å²) >= 11 is 5.73. The van der Waals surface area contributed by atoms with Gasteiger partial charge in [0.15, 0.2) is 0 Å². The number of nitrogens with one attached hydrogen (secondary N) is 1. The van der Waals surface area contributed by atoms with Crippen molar-refractivity contribution >= 4 is 17.6 Å². The molecule has 4 heteroatoms. The largest absolute Gasteiger partial charge is 0.480 e. The van der Waals surface area contributed by atoms with Crippen LogP contribution >= 0.6 is 11.6 Å². The van der Waals surface area contributed by atoms with Gasteiger partial charge in [0, 0.05) is 11.9 Å². The van der Waals surface area contributed by atoms with Gasteiger partial charge in [-0.25, -0.2) is 0 Å². The Bertz CT molecular complexity index is 132. The average Bonchev–Trinajstić information content (AvgIpc) is 1.88. The molecule has 1 fully saturated rings. The Morgan fingerprint density at radius 3 is 2.70 bits per heavy atom. The average molecular weight is 164 g/mol. The highest BCUT2D eigenvalue weighted by molar-refractivity contribution is 6.20. The molecule has 0 unspecified atom stereocenters. The van der Waals surface area contributed by atoms with Gasteiger partial charge in [-0.05, 0) is 12.8 Å². The lowest BCUT2D eigenvalue weighted by Crippen LogP contribution is -2.44. The van der Waals surface area contributed by atoms with Crippen molar-refractivity contribution in [1.29, 1.82) is 0 Å². The van der Waals surface area contributed by atoms with E-state index in [0.717, 1.165) is 6.42 Å². The summed E-state index contributed by atoms with van der Waals surface area (Å²) in [5, 5.41) is 11.5. The van der Waals surface area contributed by atoms with Crippen LogP contribution in [0.15, 0.2) is 0 Å². The minimum absolute atomic E-state index is 0.107.